The van der Waals surface area contributed by atoms with Gasteiger partial charge in [-0.2, -0.15) is 5.26 Å². The predicted molar refractivity (Wildman–Crippen MR) is 119 cm³/mol. The molecule has 1 aliphatic carbocycles. The van der Waals surface area contributed by atoms with Gasteiger partial charge in [-0.05, 0) is 56.0 Å². The Kier molecular flexibility index (Phi) is 6.03. The van der Waals surface area contributed by atoms with Crippen LogP contribution in [0.4, 0.5) is 26.5 Å². The molecule has 1 aliphatic rings. The molecule has 32 heavy (non-hydrogen) atoms. The van der Waals surface area contributed by atoms with Crippen molar-refractivity contribution in [1.29, 1.82) is 5.26 Å². The van der Waals surface area contributed by atoms with Gasteiger partial charge in [-0.25, -0.2) is 14.2 Å². The zero-order valence-electron chi connectivity index (χ0n) is 17.5. The van der Waals surface area contributed by atoms with Gasteiger partial charge in [0.2, 0.25) is 0 Å². The first-order chi connectivity index (χ1) is 15.4. The van der Waals surface area contributed by atoms with Crippen LogP contribution in [0.15, 0.2) is 42.6 Å². The summed E-state index contributed by atoms with van der Waals surface area (Å²) in [5.41, 5.74) is 1.58. The highest BCUT2D eigenvalue weighted by atomic mass is 19.1. The summed E-state index contributed by atoms with van der Waals surface area (Å²) in [5.74, 6) is -0.268. The second-order valence-electron chi connectivity index (χ2n) is 7.96. The standard InChI is InChI=1S/C23H23FN6O2/c1-13(27-23(31)32)20(14-4-2-5-14)29-22-18(24)11-16(12-25)21(30-22)28-17-7-8-19-15(10-17)6-3-9-26-19/h3,6-11,13-14,20,27H,2,4-5H2,1H3,(H,31,32)(H2,28,29,30)/t13-,20-/m0/s1. The third-order valence-electron chi connectivity index (χ3n) is 5.81. The lowest BCUT2D eigenvalue weighted by atomic mass is 9.77. The van der Waals surface area contributed by atoms with E-state index in [9.17, 15) is 14.4 Å². The summed E-state index contributed by atoms with van der Waals surface area (Å²) in [6.45, 7) is 1.74. The molecule has 0 unspecified atom stereocenters. The van der Waals surface area contributed by atoms with Gasteiger partial charge in [0.15, 0.2) is 17.5 Å². The lowest BCUT2D eigenvalue weighted by molar-refractivity contribution is 0.180. The molecule has 0 radical (unpaired) electrons. The molecule has 1 aromatic carbocycles. The first-order valence-electron chi connectivity index (χ1n) is 10.4. The van der Waals surface area contributed by atoms with Crippen LogP contribution in [0.2, 0.25) is 0 Å². The van der Waals surface area contributed by atoms with E-state index in [0.717, 1.165) is 36.2 Å². The van der Waals surface area contributed by atoms with Crippen molar-refractivity contribution < 1.29 is 14.3 Å². The van der Waals surface area contributed by atoms with Crippen LogP contribution >= 0.6 is 0 Å². The van der Waals surface area contributed by atoms with Crippen LogP contribution in [-0.2, 0) is 0 Å². The summed E-state index contributed by atoms with van der Waals surface area (Å²) in [5, 5.41) is 28.1. The zero-order valence-corrected chi connectivity index (χ0v) is 17.5. The van der Waals surface area contributed by atoms with Crippen molar-refractivity contribution in [2.45, 2.75) is 38.3 Å². The van der Waals surface area contributed by atoms with E-state index in [4.69, 9.17) is 5.11 Å². The van der Waals surface area contributed by atoms with Crippen LogP contribution in [0, 0.1) is 23.1 Å². The molecular weight excluding hydrogens is 411 g/mol. The smallest absolute Gasteiger partial charge is 0.404 e. The highest BCUT2D eigenvalue weighted by Gasteiger charge is 2.33. The van der Waals surface area contributed by atoms with Crippen LogP contribution in [0.1, 0.15) is 31.7 Å². The van der Waals surface area contributed by atoms with Gasteiger partial charge in [-0.1, -0.05) is 12.5 Å². The lowest BCUT2D eigenvalue weighted by Gasteiger charge is -2.38. The first-order valence-corrected chi connectivity index (χ1v) is 10.4. The summed E-state index contributed by atoms with van der Waals surface area (Å²) < 4.78 is 14.8. The van der Waals surface area contributed by atoms with Crippen LogP contribution in [0.5, 0.6) is 0 Å². The molecule has 0 spiro atoms. The number of carboxylic acid groups (broad SMARTS) is 1. The number of amides is 1. The second-order valence-corrected chi connectivity index (χ2v) is 7.96. The largest absolute Gasteiger partial charge is 0.465 e. The Bertz CT molecular complexity index is 1190. The highest BCUT2D eigenvalue weighted by Crippen LogP contribution is 2.34. The summed E-state index contributed by atoms with van der Waals surface area (Å²) in [7, 11) is 0. The Hall–Kier alpha value is -3.93. The highest BCUT2D eigenvalue weighted by molar-refractivity contribution is 5.83. The van der Waals surface area contributed by atoms with E-state index in [1.807, 2.05) is 36.4 Å². The number of nitrogens with one attached hydrogen (secondary N) is 3. The molecule has 0 aliphatic heterocycles. The molecule has 8 nitrogen and oxygen atoms in total. The quantitative estimate of drug-likeness (QED) is 0.428. The predicted octanol–water partition coefficient (Wildman–Crippen LogP) is 4.62. The number of anilines is 3. The number of nitriles is 1. The normalized spacial score (nSPS) is 15.3. The molecule has 164 valence electrons. The molecular formula is C23H23FN6O2. The number of benzene rings is 1. The van der Waals surface area contributed by atoms with E-state index in [2.05, 4.69) is 25.9 Å². The Morgan fingerprint density at radius 2 is 2.09 bits per heavy atom. The number of hydrogen-bond acceptors (Lipinski definition) is 6. The summed E-state index contributed by atoms with van der Waals surface area (Å²) >= 11 is 0. The maximum absolute atomic E-state index is 14.8. The molecule has 1 saturated carbocycles. The van der Waals surface area contributed by atoms with Gasteiger partial charge < -0.3 is 21.1 Å². The van der Waals surface area contributed by atoms with E-state index >= 15 is 0 Å². The van der Waals surface area contributed by atoms with Gasteiger partial charge in [-0.3, -0.25) is 4.98 Å². The van der Waals surface area contributed by atoms with Crippen molar-refractivity contribution in [2.75, 3.05) is 10.6 Å². The Labute approximate surface area is 184 Å². The van der Waals surface area contributed by atoms with Crippen LogP contribution in [-0.4, -0.2) is 33.3 Å². The number of aromatic nitrogens is 2. The van der Waals surface area contributed by atoms with E-state index in [-0.39, 0.29) is 29.2 Å². The third-order valence-corrected chi connectivity index (χ3v) is 5.81. The van der Waals surface area contributed by atoms with Crippen LogP contribution in [0.25, 0.3) is 10.9 Å². The van der Waals surface area contributed by atoms with Gasteiger partial charge in [0, 0.05) is 23.3 Å². The number of nitrogens with zero attached hydrogens (tertiary/aromatic N) is 3. The number of carbonyl (C=O) groups is 1. The Morgan fingerprint density at radius 3 is 2.78 bits per heavy atom. The van der Waals surface area contributed by atoms with Crippen LogP contribution < -0.4 is 16.0 Å². The fourth-order valence-electron chi connectivity index (χ4n) is 3.95. The van der Waals surface area contributed by atoms with E-state index in [1.54, 1.807) is 13.1 Å². The minimum atomic E-state index is -1.13. The Balaban J connectivity index is 1.63. The summed E-state index contributed by atoms with van der Waals surface area (Å²) in [4.78, 5) is 19.8. The minimum Gasteiger partial charge on any atom is -0.465 e. The fourth-order valence-corrected chi connectivity index (χ4v) is 3.95. The average molecular weight is 434 g/mol. The molecule has 1 fully saturated rings. The van der Waals surface area contributed by atoms with E-state index in [0.29, 0.717) is 5.69 Å². The number of hydrogen-bond donors (Lipinski definition) is 4. The lowest BCUT2D eigenvalue weighted by Crippen LogP contribution is -2.50. The molecule has 0 saturated heterocycles. The van der Waals surface area contributed by atoms with Crippen molar-refractivity contribution in [3.8, 4) is 6.07 Å². The van der Waals surface area contributed by atoms with E-state index in [1.165, 1.54) is 0 Å². The van der Waals surface area contributed by atoms with Gasteiger partial charge in [0.25, 0.3) is 0 Å². The monoisotopic (exact) mass is 434 g/mol. The molecule has 9 heteroatoms. The molecule has 2 aromatic heterocycles. The average Bonchev–Trinajstić information content (AvgIpc) is 2.73. The minimum absolute atomic E-state index is 0.0232. The second kappa shape index (κ2) is 9.06. The number of rotatable bonds is 7. The van der Waals surface area contributed by atoms with E-state index < -0.39 is 18.0 Å². The molecule has 3 aromatic rings. The van der Waals surface area contributed by atoms with Crippen molar-refractivity contribution in [3.63, 3.8) is 0 Å². The molecule has 1 amide bonds. The zero-order chi connectivity index (χ0) is 22.7. The molecule has 4 rings (SSSR count). The number of pyridine rings is 2. The SMILES string of the molecule is C[C@H](NC(=O)O)[C@H](Nc1nc(Nc2ccc3ncccc3c2)c(C#N)cc1F)C1CCC1. The van der Waals surface area contributed by atoms with Gasteiger partial charge in [0.05, 0.1) is 17.1 Å². The van der Waals surface area contributed by atoms with Crippen molar-refractivity contribution >= 4 is 34.3 Å². The van der Waals surface area contributed by atoms with Gasteiger partial charge in [-0.15, -0.1) is 0 Å². The molecule has 0 bridgehead atoms. The van der Waals surface area contributed by atoms with Crippen molar-refractivity contribution in [3.05, 3.63) is 54.0 Å². The Morgan fingerprint density at radius 1 is 1.28 bits per heavy atom. The third kappa shape index (κ3) is 4.54. The summed E-state index contributed by atoms with van der Waals surface area (Å²) in [6.07, 6.45) is 3.48. The van der Waals surface area contributed by atoms with Crippen molar-refractivity contribution in [1.82, 2.24) is 15.3 Å². The first kappa shape index (κ1) is 21.3. The maximum atomic E-state index is 14.8. The van der Waals surface area contributed by atoms with Crippen LogP contribution in [0.3, 0.4) is 0 Å². The number of fused-ring (bicyclic) bond motifs is 1. The van der Waals surface area contributed by atoms with Gasteiger partial charge in [0.1, 0.15) is 6.07 Å². The summed E-state index contributed by atoms with van der Waals surface area (Å²) in [6, 6.07) is 11.6. The maximum Gasteiger partial charge on any atom is 0.404 e. The molecule has 4 N–H and O–H groups in total. The van der Waals surface area contributed by atoms with Gasteiger partial charge >= 0.3 is 6.09 Å². The topological polar surface area (TPSA) is 123 Å². The van der Waals surface area contributed by atoms with Crippen molar-refractivity contribution in [2.24, 2.45) is 5.92 Å². The molecule has 2 heterocycles. The fraction of sp³-hybridized carbons (Fsp3) is 0.304. The molecule has 2 atom stereocenters. The number of halogens is 1.